The minimum Gasteiger partial charge on any atom is -0.494 e. The molecule has 2 aromatic heterocycles. The van der Waals surface area contributed by atoms with Gasteiger partial charge in [0.15, 0.2) is 0 Å². The summed E-state index contributed by atoms with van der Waals surface area (Å²) in [5.74, 6) is 0.922. The van der Waals surface area contributed by atoms with E-state index in [1.54, 1.807) is 0 Å². The third kappa shape index (κ3) is 5.50. The lowest BCUT2D eigenvalue weighted by Gasteiger charge is -2.17. The Morgan fingerprint density at radius 1 is 0.806 bits per heavy atom. The van der Waals surface area contributed by atoms with Crippen LogP contribution in [0.1, 0.15) is 31.4 Å². The number of benzene rings is 3. The van der Waals surface area contributed by atoms with Crippen LogP contribution in [0.2, 0.25) is 0 Å². The van der Waals surface area contributed by atoms with Crippen molar-refractivity contribution in [1.82, 2.24) is 14.9 Å². The molecule has 5 rings (SSSR count). The van der Waals surface area contributed by atoms with Crippen LogP contribution in [0.15, 0.2) is 85.1 Å². The molecular formula is C32H33N3O. The summed E-state index contributed by atoms with van der Waals surface area (Å²) in [7, 11) is 0. The summed E-state index contributed by atoms with van der Waals surface area (Å²) >= 11 is 0. The molecule has 0 atom stereocenters. The number of pyridine rings is 1. The maximum atomic E-state index is 5.97. The van der Waals surface area contributed by atoms with Crippen LogP contribution < -0.4 is 4.74 Å². The Hall–Kier alpha value is -3.89. The first-order chi connectivity index (χ1) is 17.7. The normalized spacial score (nSPS) is 11.8. The number of hydrogen-bond acceptors (Lipinski definition) is 3. The molecule has 0 aliphatic rings. The number of H-pyrrole nitrogens is 1. The van der Waals surface area contributed by atoms with E-state index in [1.165, 1.54) is 22.1 Å². The van der Waals surface area contributed by atoms with Gasteiger partial charge >= 0.3 is 0 Å². The number of rotatable bonds is 10. The van der Waals surface area contributed by atoms with Gasteiger partial charge in [0.05, 0.1) is 6.61 Å². The molecule has 0 radical (unpaired) electrons. The number of nitrogens with zero attached hydrogens (tertiary/aromatic N) is 2. The van der Waals surface area contributed by atoms with Crippen molar-refractivity contribution in [2.75, 3.05) is 26.2 Å². The number of ether oxygens (including phenoxy) is 1. The zero-order chi connectivity index (χ0) is 24.7. The van der Waals surface area contributed by atoms with E-state index in [0.717, 1.165) is 60.5 Å². The molecule has 0 bridgehead atoms. The summed E-state index contributed by atoms with van der Waals surface area (Å²) in [4.78, 5) is 10.6. The third-order valence-corrected chi connectivity index (χ3v) is 6.71. The molecule has 182 valence electrons. The number of nitrogens with one attached hydrogen (secondary N) is 1. The van der Waals surface area contributed by atoms with E-state index in [4.69, 9.17) is 4.74 Å². The second-order valence-corrected chi connectivity index (χ2v) is 9.05. The van der Waals surface area contributed by atoms with Crippen molar-refractivity contribution >= 4 is 34.1 Å². The van der Waals surface area contributed by atoms with Crippen LogP contribution in [0.25, 0.3) is 45.2 Å². The molecule has 0 aliphatic carbocycles. The summed E-state index contributed by atoms with van der Waals surface area (Å²) in [6.45, 7) is 8.41. The van der Waals surface area contributed by atoms with Crippen LogP contribution in [0.3, 0.4) is 0 Å². The van der Waals surface area contributed by atoms with Crippen molar-refractivity contribution < 1.29 is 4.74 Å². The summed E-state index contributed by atoms with van der Waals surface area (Å²) in [6.07, 6.45) is 7.19. The van der Waals surface area contributed by atoms with Crippen molar-refractivity contribution in [3.8, 4) is 16.9 Å². The molecule has 0 amide bonds. The highest BCUT2D eigenvalue weighted by Crippen LogP contribution is 2.31. The first-order valence-electron chi connectivity index (χ1n) is 12.8. The van der Waals surface area contributed by atoms with Crippen molar-refractivity contribution in [3.63, 3.8) is 0 Å². The van der Waals surface area contributed by atoms with Crippen LogP contribution in [0.4, 0.5) is 0 Å². The quantitative estimate of drug-likeness (QED) is 0.211. The van der Waals surface area contributed by atoms with E-state index in [-0.39, 0.29) is 0 Å². The summed E-state index contributed by atoms with van der Waals surface area (Å²) in [5, 5.41) is 2.32. The fraction of sp³-hybridized carbons (Fsp3) is 0.219. The first kappa shape index (κ1) is 23.8. The van der Waals surface area contributed by atoms with Gasteiger partial charge in [0.2, 0.25) is 0 Å². The van der Waals surface area contributed by atoms with Crippen LogP contribution >= 0.6 is 0 Å². The second-order valence-electron chi connectivity index (χ2n) is 9.05. The van der Waals surface area contributed by atoms with E-state index in [1.807, 2.05) is 12.3 Å². The molecule has 4 nitrogen and oxygen atoms in total. The Morgan fingerprint density at radius 2 is 1.56 bits per heavy atom. The van der Waals surface area contributed by atoms with Crippen molar-refractivity contribution in [2.24, 2.45) is 0 Å². The van der Waals surface area contributed by atoms with E-state index in [9.17, 15) is 0 Å². The first-order valence-corrected chi connectivity index (χ1v) is 12.8. The van der Waals surface area contributed by atoms with Gasteiger partial charge in [0, 0.05) is 29.0 Å². The minimum atomic E-state index is 0.741. The van der Waals surface area contributed by atoms with Gasteiger partial charge in [-0.25, -0.2) is 4.98 Å². The molecule has 0 saturated carbocycles. The Labute approximate surface area is 213 Å². The van der Waals surface area contributed by atoms with Gasteiger partial charge in [-0.2, -0.15) is 0 Å². The summed E-state index contributed by atoms with van der Waals surface area (Å²) in [5.41, 5.74) is 6.62. The van der Waals surface area contributed by atoms with Gasteiger partial charge in [-0.3, -0.25) is 0 Å². The van der Waals surface area contributed by atoms with Gasteiger partial charge in [-0.15, -0.1) is 0 Å². The largest absolute Gasteiger partial charge is 0.494 e. The van der Waals surface area contributed by atoms with E-state index >= 15 is 0 Å². The Balaban J connectivity index is 1.33. The molecular weight excluding hydrogens is 442 g/mol. The highest BCUT2D eigenvalue weighted by molar-refractivity contribution is 6.07. The Morgan fingerprint density at radius 3 is 2.33 bits per heavy atom. The lowest BCUT2D eigenvalue weighted by atomic mass is 10.0. The zero-order valence-electron chi connectivity index (χ0n) is 21.1. The predicted octanol–water partition coefficient (Wildman–Crippen LogP) is 7.66. The number of fused-ring (bicyclic) bond motifs is 3. The molecule has 36 heavy (non-hydrogen) atoms. The molecule has 2 heterocycles. The Bertz CT molecular complexity index is 1450. The zero-order valence-corrected chi connectivity index (χ0v) is 21.1. The topological polar surface area (TPSA) is 41.1 Å². The molecule has 3 aromatic carbocycles. The predicted molar refractivity (Wildman–Crippen MR) is 152 cm³/mol. The van der Waals surface area contributed by atoms with Gasteiger partial charge in [0.1, 0.15) is 11.4 Å². The van der Waals surface area contributed by atoms with Gasteiger partial charge < -0.3 is 14.6 Å². The van der Waals surface area contributed by atoms with Crippen LogP contribution in [-0.4, -0.2) is 41.1 Å². The average Bonchev–Trinajstić information content (AvgIpc) is 3.30. The number of aromatic nitrogens is 2. The van der Waals surface area contributed by atoms with E-state index in [2.05, 4.69) is 114 Å². The maximum absolute atomic E-state index is 5.97. The molecule has 5 aromatic rings. The van der Waals surface area contributed by atoms with E-state index < -0.39 is 0 Å². The van der Waals surface area contributed by atoms with Gasteiger partial charge in [-0.1, -0.05) is 74.5 Å². The van der Waals surface area contributed by atoms with Crippen LogP contribution in [-0.2, 0) is 0 Å². The fourth-order valence-corrected chi connectivity index (χ4v) is 4.58. The standard InChI is InChI=1S/C32H33N3O/c1-3-35(4-2)19-8-20-36-28-16-13-26(14-17-28)27-15-18-31-29(22-27)30-21-25(23-33-32(30)34-31)12-11-24-9-6-5-7-10-24/h5-7,9-18,21-23H,3-4,8,19-20H2,1-2H3,(H,33,34)/b12-11+. The third-order valence-electron chi connectivity index (χ3n) is 6.71. The van der Waals surface area contributed by atoms with Crippen molar-refractivity contribution in [1.29, 1.82) is 0 Å². The summed E-state index contributed by atoms with van der Waals surface area (Å²) in [6, 6.07) is 27.5. The smallest absolute Gasteiger partial charge is 0.138 e. The van der Waals surface area contributed by atoms with Crippen LogP contribution in [0, 0.1) is 0 Å². The highest BCUT2D eigenvalue weighted by Gasteiger charge is 2.08. The maximum Gasteiger partial charge on any atom is 0.138 e. The van der Waals surface area contributed by atoms with Gasteiger partial charge in [0.25, 0.3) is 0 Å². The molecule has 0 unspecified atom stereocenters. The molecule has 4 heteroatoms. The molecule has 1 N–H and O–H groups in total. The van der Waals surface area contributed by atoms with Crippen LogP contribution in [0.5, 0.6) is 5.75 Å². The molecule has 0 spiro atoms. The number of hydrogen-bond donors (Lipinski definition) is 1. The van der Waals surface area contributed by atoms with E-state index in [0.29, 0.717) is 0 Å². The second kappa shape index (κ2) is 11.2. The van der Waals surface area contributed by atoms with Crippen molar-refractivity contribution in [3.05, 3.63) is 96.2 Å². The fourth-order valence-electron chi connectivity index (χ4n) is 4.58. The lowest BCUT2D eigenvalue weighted by molar-refractivity contribution is 0.249. The molecule has 0 aliphatic heterocycles. The number of aromatic amines is 1. The van der Waals surface area contributed by atoms with Crippen molar-refractivity contribution in [2.45, 2.75) is 20.3 Å². The molecule has 0 saturated heterocycles. The summed E-state index contributed by atoms with van der Waals surface area (Å²) < 4.78 is 5.97. The highest BCUT2D eigenvalue weighted by atomic mass is 16.5. The van der Waals surface area contributed by atoms with Gasteiger partial charge in [-0.05, 0) is 72.1 Å². The minimum absolute atomic E-state index is 0.741. The average molecular weight is 476 g/mol. The molecule has 0 fully saturated rings. The lowest BCUT2D eigenvalue weighted by Crippen LogP contribution is -2.25. The Kier molecular flexibility index (Phi) is 7.44. The SMILES string of the molecule is CCN(CC)CCCOc1ccc(-c2ccc3[nH]c4ncc(/C=C/c5ccccc5)cc4c3c2)cc1. The monoisotopic (exact) mass is 475 g/mol.